The Morgan fingerprint density at radius 1 is 1.65 bits per heavy atom. The third kappa shape index (κ3) is 3.88. The first-order valence-electron chi connectivity index (χ1n) is 5.35. The zero-order valence-electron chi connectivity index (χ0n) is 10.2. The number of aliphatic carboxylic acids is 1. The summed E-state index contributed by atoms with van der Waals surface area (Å²) in [7, 11) is -4.02. The molecule has 11 heteroatoms. The van der Waals surface area contributed by atoms with Crippen LogP contribution in [0.1, 0.15) is 13.3 Å². The average Bonchev–Trinajstić information content (AvgIpc) is 2.72. The lowest BCUT2D eigenvalue weighted by molar-refractivity contribution is -0.384. The van der Waals surface area contributed by atoms with Crippen molar-refractivity contribution in [2.45, 2.75) is 17.6 Å². The maximum atomic E-state index is 11.9. The summed E-state index contributed by atoms with van der Waals surface area (Å²) in [4.78, 5) is 20.6. The molecule has 0 aromatic carbocycles. The number of carboxylic acid groups (broad SMARTS) is 1. The Morgan fingerprint density at radius 3 is 2.65 bits per heavy atom. The Balaban J connectivity index is 2.92. The second-order valence-corrected chi connectivity index (χ2v) is 7.42. The van der Waals surface area contributed by atoms with E-state index in [9.17, 15) is 23.3 Å². The van der Waals surface area contributed by atoms with Crippen molar-refractivity contribution in [3.8, 4) is 0 Å². The standard InChI is InChI=1S/C9H11ClN2O6S2/c1-2-5(9(13)14)4-11-20(17,18)7-3-6(12(15)16)8(10)19-7/h3,5,11H,2,4H2,1H3,(H,13,14). The van der Waals surface area contributed by atoms with Crippen LogP contribution in [0.4, 0.5) is 5.69 Å². The number of carbonyl (C=O) groups is 1. The molecular formula is C9H11ClN2O6S2. The zero-order valence-corrected chi connectivity index (χ0v) is 12.6. The number of hydrogen-bond acceptors (Lipinski definition) is 6. The van der Waals surface area contributed by atoms with Crippen molar-refractivity contribution in [1.29, 1.82) is 0 Å². The van der Waals surface area contributed by atoms with Gasteiger partial charge in [0.05, 0.1) is 10.8 Å². The molecule has 0 saturated carbocycles. The second-order valence-electron chi connectivity index (χ2n) is 3.78. The number of sulfonamides is 1. The van der Waals surface area contributed by atoms with E-state index in [0.717, 1.165) is 6.07 Å². The minimum atomic E-state index is -4.02. The predicted octanol–water partition coefficient (Wildman–Crippen LogP) is 1.70. The van der Waals surface area contributed by atoms with E-state index in [4.69, 9.17) is 16.7 Å². The number of rotatable bonds is 7. The number of hydrogen-bond donors (Lipinski definition) is 2. The summed E-state index contributed by atoms with van der Waals surface area (Å²) in [5, 5.41) is 19.4. The molecule has 1 aromatic heterocycles. The van der Waals surface area contributed by atoms with Crippen LogP contribution in [0.2, 0.25) is 4.34 Å². The highest BCUT2D eigenvalue weighted by Gasteiger charge is 2.26. The molecule has 1 heterocycles. The molecule has 0 aliphatic rings. The fourth-order valence-corrected chi connectivity index (χ4v) is 4.07. The van der Waals surface area contributed by atoms with Crippen LogP contribution in [0.3, 0.4) is 0 Å². The summed E-state index contributed by atoms with van der Waals surface area (Å²) in [6.07, 6.45) is 0.253. The molecule has 0 aliphatic heterocycles. The van der Waals surface area contributed by atoms with Crippen LogP contribution in [0, 0.1) is 16.0 Å². The van der Waals surface area contributed by atoms with Crippen LogP contribution in [0.5, 0.6) is 0 Å². The molecular weight excluding hydrogens is 332 g/mol. The Bertz CT molecular complexity index is 626. The molecule has 0 radical (unpaired) electrons. The number of nitrogens with zero attached hydrogens (tertiary/aromatic N) is 1. The van der Waals surface area contributed by atoms with Crippen LogP contribution < -0.4 is 4.72 Å². The van der Waals surface area contributed by atoms with E-state index in [1.165, 1.54) is 0 Å². The Morgan fingerprint density at radius 2 is 2.25 bits per heavy atom. The number of nitro groups is 1. The average molecular weight is 343 g/mol. The summed E-state index contributed by atoms with van der Waals surface area (Å²) >= 11 is 6.12. The van der Waals surface area contributed by atoms with Gasteiger partial charge in [0, 0.05) is 12.6 Å². The number of thiophene rings is 1. The van der Waals surface area contributed by atoms with Crippen molar-refractivity contribution >= 4 is 44.6 Å². The number of nitrogens with one attached hydrogen (secondary N) is 1. The van der Waals surface area contributed by atoms with Gasteiger partial charge in [-0.15, -0.1) is 11.3 Å². The first-order valence-corrected chi connectivity index (χ1v) is 8.03. The molecule has 0 amide bonds. The van der Waals surface area contributed by atoms with Gasteiger partial charge in [0.25, 0.3) is 5.69 Å². The molecule has 1 unspecified atom stereocenters. The lowest BCUT2D eigenvalue weighted by Gasteiger charge is -2.10. The summed E-state index contributed by atoms with van der Waals surface area (Å²) in [5.41, 5.74) is -0.498. The van der Waals surface area contributed by atoms with Gasteiger partial charge in [-0.2, -0.15) is 0 Å². The van der Waals surface area contributed by atoms with Crippen molar-refractivity contribution in [3.63, 3.8) is 0 Å². The van der Waals surface area contributed by atoms with Crippen LogP contribution in [0.25, 0.3) is 0 Å². The maximum Gasteiger partial charge on any atom is 0.307 e. The molecule has 0 spiro atoms. The highest BCUT2D eigenvalue weighted by Crippen LogP contribution is 2.36. The van der Waals surface area contributed by atoms with E-state index in [1.54, 1.807) is 6.92 Å². The van der Waals surface area contributed by atoms with Gasteiger partial charge in [0.2, 0.25) is 10.0 Å². The van der Waals surface area contributed by atoms with Gasteiger partial charge >= 0.3 is 5.97 Å². The fourth-order valence-electron chi connectivity index (χ4n) is 1.28. The van der Waals surface area contributed by atoms with Gasteiger partial charge in [-0.05, 0) is 6.42 Å². The molecule has 1 aromatic rings. The van der Waals surface area contributed by atoms with Crippen LogP contribution in [0.15, 0.2) is 10.3 Å². The van der Waals surface area contributed by atoms with Crippen LogP contribution >= 0.6 is 22.9 Å². The topological polar surface area (TPSA) is 127 Å². The van der Waals surface area contributed by atoms with E-state index in [2.05, 4.69) is 4.72 Å². The molecule has 20 heavy (non-hydrogen) atoms. The normalized spacial score (nSPS) is 13.1. The molecule has 1 atom stereocenters. The van der Waals surface area contributed by atoms with Crippen molar-refractivity contribution in [2.24, 2.45) is 5.92 Å². The highest BCUT2D eigenvalue weighted by atomic mass is 35.5. The largest absolute Gasteiger partial charge is 0.481 e. The molecule has 0 saturated heterocycles. The molecule has 8 nitrogen and oxygen atoms in total. The van der Waals surface area contributed by atoms with E-state index >= 15 is 0 Å². The predicted molar refractivity (Wildman–Crippen MR) is 72.6 cm³/mol. The van der Waals surface area contributed by atoms with Gasteiger partial charge < -0.3 is 5.11 Å². The van der Waals surface area contributed by atoms with Gasteiger partial charge in [-0.25, -0.2) is 13.1 Å². The van der Waals surface area contributed by atoms with E-state index in [-0.39, 0.29) is 21.5 Å². The van der Waals surface area contributed by atoms with E-state index in [0.29, 0.717) is 11.3 Å². The SMILES string of the molecule is CCC(CNS(=O)(=O)c1cc([N+](=O)[O-])c(Cl)s1)C(=O)O. The summed E-state index contributed by atoms with van der Waals surface area (Å²) in [6, 6.07) is 0.844. The molecule has 1 rings (SSSR count). The first-order chi connectivity index (χ1) is 9.19. The highest BCUT2D eigenvalue weighted by molar-refractivity contribution is 7.91. The monoisotopic (exact) mass is 342 g/mol. The first kappa shape index (κ1) is 16.8. The number of halogens is 1. The summed E-state index contributed by atoms with van der Waals surface area (Å²) in [6.45, 7) is 1.32. The van der Waals surface area contributed by atoms with Crippen molar-refractivity contribution in [1.82, 2.24) is 4.72 Å². The zero-order chi connectivity index (χ0) is 15.5. The maximum absolute atomic E-state index is 11.9. The second kappa shape index (κ2) is 6.48. The smallest absolute Gasteiger partial charge is 0.307 e. The molecule has 112 valence electrons. The third-order valence-corrected chi connectivity index (χ3v) is 5.70. The Kier molecular flexibility index (Phi) is 5.45. The third-order valence-electron chi connectivity index (χ3n) is 2.47. The quantitative estimate of drug-likeness (QED) is 0.573. The number of carboxylic acids is 1. The van der Waals surface area contributed by atoms with Crippen LogP contribution in [-0.2, 0) is 14.8 Å². The van der Waals surface area contributed by atoms with Crippen molar-refractivity contribution < 1.29 is 23.2 Å². The van der Waals surface area contributed by atoms with Gasteiger partial charge in [-0.1, -0.05) is 18.5 Å². The van der Waals surface area contributed by atoms with E-state index < -0.39 is 32.5 Å². The summed E-state index contributed by atoms with van der Waals surface area (Å²) in [5.74, 6) is -1.99. The minimum Gasteiger partial charge on any atom is -0.481 e. The Labute approximate surface area is 123 Å². The lowest BCUT2D eigenvalue weighted by atomic mass is 10.1. The van der Waals surface area contributed by atoms with Gasteiger partial charge in [0.15, 0.2) is 4.34 Å². The minimum absolute atomic E-state index is 0.249. The van der Waals surface area contributed by atoms with E-state index in [1.807, 2.05) is 0 Å². The van der Waals surface area contributed by atoms with Gasteiger partial charge in [-0.3, -0.25) is 14.9 Å². The van der Waals surface area contributed by atoms with Gasteiger partial charge in [0.1, 0.15) is 4.21 Å². The lowest BCUT2D eigenvalue weighted by Crippen LogP contribution is -2.32. The van der Waals surface area contributed by atoms with Crippen molar-refractivity contribution in [3.05, 3.63) is 20.5 Å². The summed E-state index contributed by atoms with van der Waals surface area (Å²) < 4.78 is 25.3. The van der Waals surface area contributed by atoms with Crippen molar-refractivity contribution in [2.75, 3.05) is 6.54 Å². The molecule has 0 fully saturated rings. The molecule has 0 aliphatic carbocycles. The molecule has 2 N–H and O–H groups in total. The van der Waals surface area contributed by atoms with Crippen LogP contribution in [-0.4, -0.2) is 31.0 Å². The fraction of sp³-hybridized carbons (Fsp3) is 0.444. The molecule has 0 bridgehead atoms. The Hall–Kier alpha value is -1.23.